The van der Waals surface area contributed by atoms with E-state index in [4.69, 9.17) is 0 Å². The van der Waals surface area contributed by atoms with Gasteiger partial charge >= 0.3 is 0 Å². The van der Waals surface area contributed by atoms with Crippen LogP contribution >= 0.6 is 11.3 Å². The van der Waals surface area contributed by atoms with Crippen molar-refractivity contribution in [3.63, 3.8) is 0 Å². The topological polar surface area (TPSA) is 46.2 Å². The summed E-state index contributed by atoms with van der Waals surface area (Å²) in [7, 11) is 0. The summed E-state index contributed by atoms with van der Waals surface area (Å²) in [6, 6.07) is 17.0. The van der Waals surface area contributed by atoms with Gasteiger partial charge in [-0.25, -0.2) is 0 Å². The molecule has 0 unspecified atom stereocenters. The number of nitrogens with one attached hydrogen (secondary N) is 1. The lowest BCUT2D eigenvalue weighted by Crippen LogP contribution is -2.24. The number of carbonyl (C=O) groups excluding carboxylic acids is 2. The second-order valence-electron chi connectivity index (χ2n) is 6.42. The summed E-state index contributed by atoms with van der Waals surface area (Å²) in [4.78, 5) is 26.7. The molecule has 3 aromatic rings. The maximum absolute atomic E-state index is 12.6. The van der Waals surface area contributed by atoms with Gasteiger partial charge in [0, 0.05) is 16.0 Å². The molecule has 3 rings (SSSR count). The molecule has 1 N–H and O–H groups in total. The Balaban J connectivity index is 1.69. The van der Waals surface area contributed by atoms with E-state index >= 15 is 0 Å². The predicted molar refractivity (Wildman–Crippen MR) is 106 cm³/mol. The van der Waals surface area contributed by atoms with Crippen LogP contribution in [-0.4, -0.2) is 11.7 Å². The first-order valence-electron chi connectivity index (χ1n) is 8.50. The molecule has 2 aromatic carbocycles. The highest BCUT2D eigenvalue weighted by Gasteiger charge is 2.14. The minimum Gasteiger partial charge on any atom is -0.347 e. The van der Waals surface area contributed by atoms with Crippen LogP contribution in [0.25, 0.3) is 0 Å². The van der Waals surface area contributed by atoms with Crippen molar-refractivity contribution in [3.8, 4) is 0 Å². The van der Waals surface area contributed by atoms with E-state index < -0.39 is 0 Å². The molecular formula is C22H21NO2S. The second kappa shape index (κ2) is 7.67. The molecule has 0 aliphatic heterocycles. The van der Waals surface area contributed by atoms with Crippen LogP contribution in [-0.2, 0) is 6.54 Å². The summed E-state index contributed by atoms with van der Waals surface area (Å²) in [6.45, 7) is 6.35. The van der Waals surface area contributed by atoms with Crippen LogP contribution < -0.4 is 5.32 Å². The number of rotatable bonds is 5. The SMILES string of the molecule is Cc1cc(C)c(C(=O)NCc2ccc(C(=O)c3ccccc3)s2)c(C)c1. The number of aryl methyl sites for hydroxylation is 3. The fourth-order valence-corrected chi connectivity index (χ4v) is 4.03. The quantitative estimate of drug-likeness (QED) is 0.660. The van der Waals surface area contributed by atoms with Crippen molar-refractivity contribution in [2.45, 2.75) is 27.3 Å². The van der Waals surface area contributed by atoms with Gasteiger partial charge < -0.3 is 5.32 Å². The molecule has 0 aliphatic carbocycles. The third-order valence-corrected chi connectivity index (χ3v) is 5.33. The van der Waals surface area contributed by atoms with Gasteiger partial charge in [0.05, 0.1) is 11.4 Å². The monoisotopic (exact) mass is 363 g/mol. The van der Waals surface area contributed by atoms with E-state index in [9.17, 15) is 9.59 Å². The van der Waals surface area contributed by atoms with Gasteiger partial charge in [0.25, 0.3) is 5.91 Å². The molecular weight excluding hydrogens is 342 g/mol. The minimum atomic E-state index is -0.0793. The number of hydrogen-bond donors (Lipinski definition) is 1. The molecule has 0 radical (unpaired) electrons. The first kappa shape index (κ1) is 18.1. The first-order valence-corrected chi connectivity index (χ1v) is 9.32. The molecule has 26 heavy (non-hydrogen) atoms. The highest BCUT2D eigenvalue weighted by Crippen LogP contribution is 2.21. The fourth-order valence-electron chi connectivity index (χ4n) is 3.12. The van der Waals surface area contributed by atoms with Crippen LogP contribution in [0.5, 0.6) is 0 Å². The second-order valence-corrected chi connectivity index (χ2v) is 7.59. The Morgan fingerprint density at radius 3 is 2.23 bits per heavy atom. The third-order valence-electron chi connectivity index (χ3n) is 4.25. The Labute approximate surface area is 157 Å². The average Bonchev–Trinajstić information content (AvgIpc) is 3.08. The summed E-state index contributed by atoms with van der Waals surface area (Å²) < 4.78 is 0. The summed E-state index contributed by atoms with van der Waals surface area (Å²) >= 11 is 1.42. The lowest BCUT2D eigenvalue weighted by atomic mass is 9.99. The van der Waals surface area contributed by atoms with E-state index in [-0.39, 0.29) is 11.7 Å². The maximum atomic E-state index is 12.6. The number of benzene rings is 2. The zero-order valence-electron chi connectivity index (χ0n) is 15.1. The Morgan fingerprint density at radius 1 is 0.923 bits per heavy atom. The molecule has 1 heterocycles. The summed E-state index contributed by atoms with van der Waals surface area (Å²) in [6.07, 6.45) is 0. The Morgan fingerprint density at radius 2 is 1.58 bits per heavy atom. The van der Waals surface area contributed by atoms with E-state index in [1.54, 1.807) is 0 Å². The molecule has 3 nitrogen and oxygen atoms in total. The molecule has 0 saturated carbocycles. The smallest absolute Gasteiger partial charge is 0.252 e. The van der Waals surface area contributed by atoms with E-state index in [1.165, 1.54) is 11.3 Å². The van der Waals surface area contributed by atoms with E-state index in [2.05, 4.69) is 5.32 Å². The molecule has 0 bridgehead atoms. The van der Waals surface area contributed by atoms with Crippen molar-refractivity contribution >= 4 is 23.0 Å². The van der Waals surface area contributed by atoms with Gasteiger partial charge in [0.1, 0.15) is 0 Å². The fraction of sp³-hybridized carbons (Fsp3) is 0.182. The molecule has 4 heteroatoms. The largest absolute Gasteiger partial charge is 0.347 e. The summed E-state index contributed by atoms with van der Waals surface area (Å²) in [5.41, 5.74) is 4.51. The first-order chi connectivity index (χ1) is 12.5. The third kappa shape index (κ3) is 3.92. The van der Waals surface area contributed by atoms with Gasteiger partial charge in [0.15, 0.2) is 0 Å². The van der Waals surface area contributed by atoms with Gasteiger partial charge in [-0.15, -0.1) is 11.3 Å². The Bertz CT molecular complexity index is 934. The van der Waals surface area contributed by atoms with E-state index in [0.717, 1.165) is 27.1 Å². The van der Waals surface area contributed by atoms with Gasteiger partial charge in [-0.1, -0.05) is 48.0 Å². The molecule has 0 fully saturated rings. The molecule has 0 atom stereocenters. The van der Waals surface area contributed by atoms with E-state index in [1.807, 2.05) is 75.4 Å². The van der Waals surface area contributed by atoms with E-state index in [0.29, 0.717) is 17.0 Å². The molecule has 0 aliphatic rings. The number of thiophene rings is 1. The number of carbonyl (C=O) groups is 2. The van der Waals surface area contributed by atoms with Crippen LogP contribution in [0.15, 0.2) is 54.6 Å². The predicted octanol–water partition coefficient (Wildman–Crippen LogP) is 4.83. The highest BCUT2D eigenvalue weighted by molar-refractivity contribution is 7.14. The molecule has 0 saturated heterocycles. The zero-order valence-corrected chi connectivity index (χ0v) is 15.9. The summed E-state index contributed by atoms with van der Waals surface area (Å²) in [5.74, 6) is -0.0669. The van der Waals surface area contributed by atoms with Crippen LogP contribution in [0.1, 0.15) is 47.2 Å². The highest BCUT2D eigenvalue weighted by atomic mass is 32.1. The maximum Gasteiger partial charge on any atom is 0.252 e. The number of hydrogen-bond acceptors (Lipinski definition) is 3. The summed E-state index contributed by atoms with van der Waals surface area (Å²) in [5, 5.41) is 2.97. The lowest BCUT2D eigenvalue weighted by Gasteiger charge is -2.11. The van der Waals surface area contributed by atoms with Crippen molar-refractivity contribution in [1.82, 2.24) is 5.32 Å². The van der Waals surface area contributed by atoms with Crippen molar-refractivity contribution in [3.05, 3.63) is 92.2 Å². The minimum absolute atomic E-state index is 0.0124. The molecule has 0 spiro atoms. The Kier molecular flexibility index (Phi) is 5.33. The van der Waals surface area contributed by atoms with Crippen molar-refractivity contribution in [1.29, 1.82) is 0 Å². The molecule has 132 valence electrons. The van der Waals surface area contributed by atoms with Crippen LogP contribution in [0.4, 0.5) is 0 Å². The van der Waals surface area contributed by atoms with Crippen LogP contribution in [0, 0.1) is 20.8 Å². The standard InChI is InChI=1S/C22H21NO2S/c1-14-11-15(2)20(16(3)12-14)22(25)23-13-18-9-10-19(26-18)21(24)17-7-5-4-6-8-17/h4-12H,13H2,1-3H3,(H,23,25). The van der Waals surface area contributed by atoms with Crippen molar-refractivity contribution in [2.24, 2.45) is 0 Å². The lowest BCUT2D eigenvalue weighted by molar-refractivity contribution is 0.0949. The Hall–Kier alpha value is -2.72. The van der Waals surface area contributed by atoms with Gasteiger partial charge in [-0.3, -0.25) is 9.59 Å². The van der Waals surface area contributed by atoms with Gasteiger partial charge in [0.2, 0.25) is 5.78 Å². The number of amides is 1. The van der Waals surface area contributed by atoms with Crippen molar-refractivity contribution < 1.29 is 9.59 Å². The zero-order chi connectivity index (χ0) is 18.7. The van der Waals surface area contributed by atoms with Crippen LogP contribution in [0.2, 0.25) is 0 Å². The van der Waals surface area contributed by atoms with Gasteiger partial charge in [-0.2, -0.15) is 0 Å². The normalized spacial score (nSPS) is 10.6. The van der Waals surface area contributed by atoms with Crippen molar-refractivity contribution in [2.75, 3.05) is 0 Å². The molecule has 1 amide bonds. The van der Waals surface area contributed by atoms with Crippen LogP contribution in [0.3, 0.4) is 0 Å². The molecule has 1 aromatic heterocycles. The average molecular weight is 363 g/mol. The number of ketones is 1. The van der Waals surface area contributed by atoms with Gasteiger partial charge in [-0.05, 0) is 44.0 Å².